The van der Waals surface area contributed by atoms with E-state index in [1.54, 1.807) is 6.92 Å². The molecule has 0 saturated heterocycles. The van der Waals surface area contributed by atoms with Gasteiger partial charge in [-0.25, -0.2) is 4.79 Å². The number of hydrogen-bond donors (Lipinski definition) is 3. The smallest absolute Gasteiger partial charge is 0.319 e. The summed E-state index contributed by atoms with van der Waals surface area (Å²) in [5, 5.41) is 13.8. The number of rotatable bonds is 4. The molecule has 0 saturated carbocycles. The van der Waals surface area contributed by atoms with E-state index in [4.69, 9.17) is 5.11 Å². The van der Waals surface area contributed by atoms with Crippen molar-refractivity contribution in [1.29, 1.82) is 0 Å². The van der Waals surface area contributed by atoms with E-state index in [1.807, 2.05) is 19.1 Å². The van der Waals surface area contributed by atoms with Crippen molar-refractivity contribution in [1.82, 2.24) is 5.32 Å². The molecule has 0 aliphatic carbocycles. The Morgan fingerprint density at radius 1 is 1.32 bits per heavy atom. The van der Waals surface area contributed by atoms with Gasteiger partial charge in [-0.3, -0.25) is 4.79 Å². The SMILES string of the molecule is Cc1cc(Br)c(NC(=O)NC(C)CC(=O)O)c(Br)c1. The maximum Gasteiger partial charge on any atom is 0.319 e. The molecule has 0 aliphatic heterocycles. The van der Waals surface area contributed by atoms with Gasteiger partial charge in [0.2, 0.25) is 0 Å². The molecule has 1 rings (SSSR count). The van der Waals surface area contributed by atoms with Crippen LogP contribution in [0.15, 0.2) is 21.1 Å². The first kappa shape index (κ1) is 16.0. The van der Waals surface area contributed by atoms with Crippen molar-refractivity contribution in [2.24, 2.45) is 0 Å². The topological polar surface area (TPSA) is 78.4 Å². The van der Waals surface area contributed by atoms with Crippen LogP contribution in [-0.2, 0) is 4.79 Å². The van der Waals surface area contributed by atoms with Crippen LogP contribution < -0.4 is 10.6 Å². The Balaban J connectivity index is 2.70. The van der Waals surface area contributed by atoms with Gasteiger partial charge >= 0.3 is 12.0 Å². The quantitative estimate of drug-likeness (QED) is 0.732. The van der Waals surface area contributed by atoms with Crippen LogP contribution in [0.2, 0.25) is 0 Å². The minimum absolute atomic E-state index is 0.121. The number of carboxylic acids is 1. The summed E-state index contributed by atoms with van der Waals surface area (Å²) in [6, 6.07) is 2.86. The molecule has 1 aromatic rings. The Morgan fingerprint density at radius 2 is 1.84 bits per heavy atom. The summed E-state index contributed by atoms with van der Waals surface area (Å²) in [6.45, 7) is 3.57. The summed E-state index contributed by atoms with van der Waals surface area (Å²) >= 11 is 6.73. The summed E-state index contributed by atoms with van der Waals surface area (Å²) in [6.07, 6.45) is -0.121. The fourth-order valence-electron chi connectivity index (χ4n) is 1.51. The number of carbonyl (C=O) groups excluding carboxylic acids is 1. The third-order valence-electron chi connectivity index (χ3n) is 2.28. The number of aliphatic carboxylic acids is 1. The van der Waals surface area contributed by atoms with Crippen LogP contribution in [0.3, 0.4) is 0 Å². The number of amides is 2. The first-order chi connectivity index (χ1) is 8.79. The van der Waals surface area contributed by atoms with Gasteiger partial charge in [0, 0.05) is 15.0 Å². The van der Waals surface area contributed by atoms with Crippen molar-refractivity contribution in [3.8, 4) is 0 Å². The molecule has 104 valence electrons. The fraction of sp³-hybridized carbons (Fsp3) is 0.333. The summed E-state index contributed by atoms with van der Waals surface area (Å²) in [5.74, 6) is -0.953. The molecule has 7 heteroatoms. The molecule has 19 heavy (non-hydrogen) atoms. The molecule has 0 spiro atoms. The second kappa shape index (κ2) is 6.91. The maximum absolute atomic E-state index is 11.7. The molecule has 3 N–H and O–H groups in total. The molecule has 5 nitrogen and oxygen atoms in total. The Labute approximate surface area is 128 Å². The van der Waals surface area contributed by atoms with Gasteiger partial charge in [-0.2, -0.15) is 0 Å². The summed E-state index contributed by atoms with van der Waals surface area (Å²) in [5.41, 5.74) is 1.65. The number of benzene rings is 1. The second-order valence-corrected chi connectivity index (χ2v) is 5.91. The Kier molecular flexibility index (Phi) is 5.81. The lowest BCUT2D eigenvalue weighted by Gasteiger charge is -2.15. The van der Waals surface area contributed by atoms with Gasteiger partial charge in [0.05, 0.1) is 12.1 Å². The zero-order valence-electron chi connectivity index (χ0n) is 10.5. The van der Waals surface area contributed by atoms with Crippen LogP contribution in [0.25, 0.3) is 0 Å². The van der Waals surface area contributed by atoms with E-state index in [9.17, 15) is 9.59 Å². The van der Waals surface area contributed by atoms with Crippen LogP contribution in [-0.4, -0.2) is 23.1 Å². The van der Waals surface area contributed by atoms with Gasteiger partial charge in [0.15, 0.2) is 0 Å². The first-order valence-electron chi connectivity index (χ1n) is 5.54. The molecular formula is C12H14Br2N2O3. The molecule has 0 heterocycles. The van der Waals surface area contributed by atoms with Crippen molar-refractivity contribution in [3.05, 3.63) is 26.6 Å². The van der Waals surface area contributed by atoms with Crippen molar-refractivity contribution < 1.29 is 14.7 Å². The van der Waals surface area contributed by atoms with E-state index in [0.29, 0.717) is 5.69 Å². The largest absolute Gasteiger partial charge is 0.481 e. The first-order valence-corrected chi connectivity index (χ1v) is 7.13. The number of hydrogen-bond acceptors (Lipinski definition) is 2. The minimum Gasteiger partial charge on any atom is -0.481 e. The molecule has 1 unspecified atom stereocenters. The number of carbonyl (C=O) groups is 2. The average Bonchev–Trinajstić information content (AvgIpc) is 2.21. The van der Waals surface area contributed by atoms with Crippen LogP contribution in [0, 0.1) is 6.92 Å². The number of urea groups is 1. The van der Waals surface area contributed by atoms with E-state index >= 15 is 0 Å². The normalized spacial score (nSPS) is 11.8. The highest BCUT2D eigenvalue weighted by Crippen LogP contribution is 2.32. The number of carboxylic acid groups (broad SMARTS) is 1. The van der Waals surface area contributed by atoms with Crippen molar-refractivity contribution in [3.63, 3.8) is 0 Å². The molecule has 0 bridgehead atoms. The highest BCUT2D eigenvalue weighted by Gasteiger charge is 2.13. The van der Waals surface area contributed by atoms with Crippen molar-refractivity contribution in [2.75, 3.05) is 5.32 Å². The zero-order chi connectivity index (χ0) is 14.6. The predicted molar refractivity (Wildman–Crippen MR) is 80.4 cm³/mol. The molecule has 0 fully saturated rings. The van der Waals surface area contributed by atoms with E-state index < -0.39 is 18.0 Å². The van der Waals surface area contributed by atoms with E-state index in [0.717, 1.165) is 14.5 Å². The number of aryl methyl sites for hydroxylation is 1. The number of nitrogens with one attached hydrogen (secondary N) is 2. The molecule has 0 aliphatic rings. The van der Waals surface area contributed by atoms with Gasteiger partial charge in [0.1, 0.15) is 0 Å². The van der Waals surface area contributed by atoms with Gasteiger partial charge < -0.3 is 15.7 Å². The second-order valence-electron chi connectivity index (χ2n) is 4.20. The van der Waals surface area contributed by atoms with Crippen molar-refractivity contribution in [2.45, 2.75) is 26.3 Å². The van der Waals surface area contributed by atoms with Gasteiger partial charge in [-0.05, 0) is 63.4 Å². The Bertz CT molecular complexity index is 483. The summed E-state index contributed by atoms with van der Waals surface area (Å²) in [4.78, 5) is 22.2. The van der Waals surface area contributed by atoms with Crippen LogP contribution >= 0.6 is 31.9 Å². The highest BCUT2D eigenvalue weighted by molar-refractivity contribution is 9.11. The minimum atomic E-state index is -0.953. The number of anilines is 1. The lowest BCUT2D eigenvalue weighted by atomic mass is 10.2. The zero-order valence-corrected chi connectivity index (χ0v) is 13.6. The molecule has 2 amide bonds. The van der Waals surface area contributed by atoms with E-state index in [-0.39, 0.29) is 6.42 Å². The molecule has 1 aromatic carbocycles. The highest BCUT2D eigenvalue weighted by atomic mass is 79.9. The number of halogens is 2. The van der Waals surface area contributed by atoms with Crippen LogP contribution in [0.5, 0.6) is 0 Å². The van der Waals surface area contributed by atoms with E-state index in [1.165, 1.54) is 0 Å². The van der Waals surface area contributed by atoms with E-state index in [2.05, 4.69) is 42.5 Å². The maximum atomic E-state index is 11.7. The van der Waals surface area contributed by atoms with Gasteiger partial charge in [-0.15, -0.1) is 0 Å². The lowest BCUT2D eigenvalue weighted by Crippen LogP contribution is -2.37. The molecule has 0 aromatic heterocycles. The Morgan fingerprint density at radius 3 is 2.32 bits per heavy atom. The average molecular weight is 394 g/mol. The van der Waals surface area contributed by atoms with Crippen molar-refractivity contribution >= 4 is 49.5 Å². The third-order valence-corrected chi connectivity index (χ3v) is 3.53. The summed E-state index contributed by atoms with van der Waals surface area (Å²) < 4.78 is 1.50. The van der Waals surface area contributed by atoms with Crippen LogP contribution in [0.1, 0.15) is 18.9 Å². The standard InChI is InChI=1S/C12H14Br2N2O3/c1-6-3-8(13)11(9(14)4-6)16-12(19)15-7(2)5-10(17)18/h3-4,7H,5H2,1-2H3,(H,17,18)(H2,15,16,19). The predicted octanol–water partition coefficient (Wildman–Crippen LogP) is 3.50. The monoisotopic (exact) mass is 392 g/mol. The third kappa shape index (κ3) is 5.20. The molecule has 0 radical (unpaired) electrons. The lowest BCUT2D eigenvalue weighted by molar-refractivity contribution is -0.137. The van der Waals surface area contributed by atoms with Crippen LogP contribution in [0.4, 0.5) is 10.5 Å². The molecular weight excluding hydrogens is 380 g/mol. The molecule has 1 atom stereocenters. The fourth-order valence-corrected chi connectivity index (χ4v) is 3.12. The van der Waals surface area contributed by atoms with Gasteiger partial charge in [-0.1, -0.05) is 0 Å². The Hall–Kier alpha value is -1.08. The summed E-state index contributed by atoms with van der Waals surface area (Å²) in [7, 11) is 0. The van der Waals surface area contributed by atoms with Gasteiger partial charge in [0.25, 0.3) is 0 Å².